The van der Waals surface area contributed by atoms with E-state index in [4.69, 9.17) is 19.3 Å². The molecular weight excluding hydrogens is 438 g/mol. The molecule has 0 aliphatic carbocycles. The van der Waals surface area contributed by atoms with Crippen molar-refractivity contribution in [2.45, 2.75) is 102 Å². The lowest BCUT2D eigenvalue weighted by Gasteiger charge is -2.44. The second-order valence-corrected chi connectivity index (χ2v) is 21.5. The lowest BCUT2D eigenvalue weighted by atomic mass is 9.98. The van der Waals surface area contributed by atoms with Crippen molar-refractivity contribution < 1.29 is 13.6 Å². The third-order valence-electron chi connectivity index (χ3n) is 7.53. The van der Waals surface area contributed by atoms with Gasteiger partial charge in [-0.05, 0) is 42.3 Å². The first-order chi connectivity index (χ1) is 14.4. The van der Waals surface area contributed by atoms with Crippen LogP contribution in [-0.4, -0.2) is 44.5 Å². The molecule has 32 heavy (non-hydrogen) atoms. The molecule has 7 nitrogen and oxygen atoms in total. The molecule has 1 aromatic heterocycles. The van der Waals surface area contributed by atoms with Gasteiger partial charge in [0.25, 0.3) is 0 Å². The zero-order valence-corrected chi connectivity index (χ0v) is 23.6. The Bertz CT molecular complexity index is 886. The average Bonchev–Trinajstić information content (AvgIpc) is 2.96. The van der Waals surface area contributed by atoms with Gasteiger partial charge < -0.3 is 19.3 Å². The molecule has 0 amide bonds. The largest absolute Gasteiger partial charge is 0.413 e. The van der Waals surface area contributed by atoms with Crippen LogP contribution >= 0.6 is 0 Å². The Kier molecular flexibility index (Phi) is 7.44. The molecule has 0 unspecified atom stereocenters. The summed E-state index contributed by atoms with van der Waals surface area (Å²) in [5.74, 6) is 0.189. The zero-order valence-electron chi connectivity index (χ0n) is 21.6. The minimum absolute atomic E-state index is 0.0257. The average molecular weight is 482 g/mol. The fourth-order valence-corrected chi connectivity index (χ4v) is 5.51. The molecule has 1 saturated heterocycles. The predicted octanol–water partition coefficient (Wildman–Crippen LogP) is 5.08. The molecule has 1 aliphatic heterocycles. The van der Waals surface area contributed by atoms with E-state index < -0.39 is 34.2 Å². The van der Waals surface area contributed by atoms with E-state index in [0.717, 1.165) is 0 Å². The molecule has 2 heterocycles. The number of nitrogen functional groups attached to an aromatic ring is 1. The first-order valence-electron chi connectivity index (χ1n) is 11.3. The fraction of sp³-hybridized carbons (Fsp3) is 0.739. The van der Waals surface area contributed by atoms with Gasteiger partial charge in [0.2, 0.25) is 0 Å². The van der Waals surface area contributed by atoms with E-state index in [-0.39, 0.29) is 22.0 Å². The van der Waals surface area contributed by atoms with E-state index in [1.165, 1.54) is 4.57 Å². The maximum atomic E-state index is 12.5. The van der Waals surface area contributed by atoms with E-state index in [9.17, 15) is 4.79 Å². The van der Waals surface area contributed by atoms with Crippen LogP contribution in [0, 0.1) is 0 Å². The van der Waals surface area contributed by atoms with E-state index in [1.807, 2.05) is 0 Å². The molecular formula is C23H43N3O4Si2. The Morgan fingerprint density at radius 3 is 2.25 bits per heavy atom. The third kappa shape index (κ3) is 5.44. The van der Waals surface area contributed by atoms with Gasteiger partial charge in [-0.2, -0.15) is 4.98 Å². The Morgan fingerprint density at radius 1 is 1.22 bits per heavy atom. The van der Waals surface area contributed by atoms with Gasteiger partial charge >= 0.3 is 5.69 Å². The van der Waals surface area contributed by atoms with Gasteiger partial charge in [0, 0.05) is 12.6 Å². The van der Waals surface area contributed by atoms with Crippen molar-refractivity contribution in [2.24, 2.45) is 0 Å². The molecule has 0 aromatic carbocycles. The summed E-state index contributed by atoms with van der Waals surface area (Å²) in [6.07, 6.45) is 3.11. The highest BCUT2D eigenvalue weighted by Crippen LogP contribution is 2.46. The summed E-state index contributed by atoms with van der Waals surface area (Å²) < 4.78 is 21.5. The Balaban J connectivity index is 2.45. The monoisotopic (exact) mass is 481 g/mol. The molecule has 9 heteroatoms. The normalized spacial score (nSPS) is 25.2. The number of hydrogen-bond acceptors (Lipinski definition) is 6. The summed E-state index contributed by atoms with van der Waals surface area (Å²) in [4.78, 5) is 16.4. The Labute approximate surface area is 195 Å². The molecule has 182 valence electrons. The number of rotatable bonds is 7. The van der Waals surface area contributed by atoms with Crippen LogP contribution < -0.4 is 11.4 Å². The van der Waals surface area contributed by atoms with Crippen molar-refractivity contribution in [3.8, 4) is 0 Å². The van der Waals surface area contributed by atoms with Crippen LogP contribution in [0.5, 0.6) is 0 Å². The second-order valence-electron chi connectivity index (χ2n) is 11.9. The summed E-state index contributed by atoms with van der Waals surface area (Å²) in [6.45, 7) is 26.6. The number of hydrogen-bond donors (Lipinski definition) is 1. The number of anilines is 1. The molecule has 1 aromatic rings. The third-order valence-corrected chi connectivity index (χ3v) is 16.5. The van der Waals surface area contributed by atoms with Crippen molar-refractivity contribution in [1.29, 1.82) is 0 Å². The molecule has 0 spiro atoms. The highest BCUT2D eigenvalue weighted by molar-refractivity contribution is 6.74. The van der Waals surface area contributed by atoms with E-state index in [2.05, 4.69) is 79.3 Å². The zero-order chi connectivity index (χ0) is 24.8. The smallest absolute Gasteiger partial charge is 0.351 e. The van der Waals surface area contributed by atoms with Gasteiger partial charge in [-0.3, -0.25) is 4.57 Å². The van der Waals surface area contributed by atoms with E-state index >= 15 is 0 Å². The molecule has 1 fully saturated rings. The summed E-state index contributed by atoms with van der Waals surface area (Å²) in [5, 5.41) is 0.0822. The number of nitrogens with zero attached hydrogens (tertiary/aromatic N) is 2. The SMILES string of the molecule is C=C[C@]1(CO[Si](C)(C)C(C)(C)C)O[C@@H](n2ccc(N)nc2=O)C[C@@H]1O[Si](C)(C)C(C)(C)C. The summed E-state index contributed by atoms with van der Waals surface area (Å²) in [6, 6.07) is 1.61. The maximum Gasteiger partial charge on any atom is 0.351 e. The molecule has 2 rings (SSSR count). The highest BCUT2D eigenvalue weighted by Gasteiger charge is 2.53. The van der Waals surface area contributed by atoms with Gasteiger partial charge in [0.05, 0.1) is 12.7 Å². The van der Waals surface area contributed by atoms with Crippen LogP contribution in [0.15, 0.2) is 29.7 Å². The second kappa shape index (κ2) is 8.83. The molecule has 2 N–H and O–H groups in total. The minimum Gasteiger partial charge on any atom is -0.413 e. The van der Waals surface area contributed by atoms with Crippen LogP contribution in [0.1, 0.15) is 54.2 Å². The summed E-state index contributed by atoms with van der Waals surface area (Å²) >= 11 is 0. The first-order valence-corrected chi connectivity index (χ1v) is 17.1. The topological polar surface area (TPSA) is 88.6 Å². The predicted molar refractivity (Wildman–Crippen MR) is 136 cm³/mol. The van der Waals surface area contributed by atoms with Crippen LogP contribution in [0.25, 0.3) is 0 Å². The van der Waals surface area contributed by atoms with Gasteiger partial charge in [0.1, 0.15) is 17.6 Å². The lowest BCUT2D eigenvalue weighted by molar-refractivity contribution is -0.0920. The Morgan fingerprint density at radius 2 is 1.78 bits per heavy atom. The van der Waals surface area contributed by atoms with Crippen molar-refractivity contribution in [3.05, 3.63) is 35.4 Å². The number of aromatic nitrogens is 2. The van der Waals surface area contributed by atoms with Crippen LogP contribution in [0.2, 0.25) is 36.3 Å². The summed E-state index contributed by atoms with van der Waals surface area (Å²) in [7, 11) is -4.18. The van der Waals surface area contributed by atoms with E-state index in [1.54, 1.807) is 18.3 Å². The molecule has 3 atom stereocenters. The van der Waals surface area contributed by atoms with Crippen LogP contribution in [-0.2, 0) is 13.6 Å². The first kappa shape index (κ1) is 27.0. The van der Waals surface area contributed by atoms with Crippen LogP contribution in [0.3, 0.4) is 0 Å². The molecule has 1 aliphatic rings. The van der Waals surface area contributed by atoms with Crippen LogP contribution in [0.4, 0.5) is 5.82 Å². The van der Waals surface area contributed by atoms with Gasteiger partial charge in [0.15, 0.2) is 16.6 Å². The maximum absolute atomic E-state index is 12.5. The molecule has 0 radical (unpaired) electrons. The highest BCUT2D eigenvalue weighted by atomic mass is 28.4. The lowest BCUT2D eigenvalue weighted by Crippen LogP contribution is -2.54. The van der Waals surface area contributed by atoms with Crippen molar-refractivity contribution in [1.82, 2.24) is 9.55 Å². The van der Waals surface area contributed by atoms with Crippen molar-refractivity contribution in [2.75, 3.05) is 12.3 Å². The van der Waals surface area contributed by atoms with Gasteiger partial charge in [-0.1, -0.05) is 47.6 Å². The fourth-order valence-electron chi connectivity index (χ4n) is 3.13. The van der Waals surface area contributed by atoms with Gasteiger partial charge in [-0.15, -0.1) is 6.58 Å². The quantitative estimate of drug-likeness (QED) is 0.431. The number of nitrogens with two attached hydrogens (primary N) is 1. The molecule has 0 bridgehead atoms. The summed E-state index contributed by atoms with van der Waals surface area (Å²) in [5.41, 5.74) is 4.38. The Hall–Kier alpha value is -1.27. The van der Waals surface area contributed by atoms with E-state index in [0.29, 0.717) is 13.0 Å². The number of ether oxygens (including phenoxy) is 1. The standard InChI is InChI=1S/C23H43N3O4Si2/c1-12-23(16-28-31(8,9)21(2,3)4)17(30-32(10,11)22(5,6)7)15-19(29-23)26-14-13-18(24)25-20(26)27/h12-14,17,19H,1,15-16H2,2-11H3,(H2,24,25,27)/t17-,19+,23+/m0/s1. The minimum atomic E-state index is -2.13. The van der Waals surface area contributed by atoms with Crippen molar-refractivity contribution in [3.63, 3.8) is 0 Å². The molecule has 0 saturated carbocycles. The van der Waals surface area contributed by atoms with Crippen molar-refractivity contribution >= 4 is 22.5 Å². The van der Waals surface area contributed by atoms with Gasteiger partial charge in [-0.25, -0.2) is 4.79 Å².